The first-order valence-corrected chi connectivity index (χ1v) is 11.0. The molecule has 0 radical (unpaired) electrons. The Balaban J connectivity index is 1.41. The topological polar surface area (TPSA) is 87.2 Å². The van der Waals surface area contributed by atoms with Gasteiger partial charge in [0.1, 0.15) is 5.82 Å². The maximum absolute atomic E-state index is 14.8. The van der Waals surface area contributed by atoms with Crippen LogP contribution < -0.4 is 9.79 Å². The number of rotatable bonds is 5. The van der Waals surface area contributed by atoms with Gasteiger partial charge in [-0.15, -0.1) is 10.2 Å². The van der Waals surface area contributed by atoms with Crippen molar-refractivity contribution in [2.24, 2.45) is 10.8 Å². The standard InChI is InChI=1S/C24H28FN5O2/c1-23-6-7-24(2,14-23)11-16(10-23)30(3)22-5-4-20(28-29-22)18-8-19(25)17(9-21(18)32-31)15-12-26-27-13-15/h4-5,8-9,12-13,16,31H,6-7,10-11,14H2,1-3H3,(H,26,27)/t16?,23-,24?/m1/s1. The van der Waals surface area contributed by atoms with Crippen LogP contribution in [0.1, 0.15) is 46.0 Å². The number of H-pyrrole nitrogens is 1. The summed E-state index contributed by atoms with van der Waals surface area (Å²) < 4.78 is 14.8. The van der Waals surface area contributed by atoms with Gasteiger partial charge in [0.25, 0.3) is 0 Å². The fourth-order valence-electron chi connectivity index (χ4n) is 5.94. The van der Waals surface area contributed by atoms with Crippen molar-refractivity contribution in [3.05, 3.63) is 42.5 Å². The number of fused-ring (bicyclic) bond motifs is 2. The molecule has 3 atom stereocenters. The van der Waals surface area contributed by atoms with Crippen LogP contribution in [0.2, 0.25) is 0 Å². The second kappa shape index (κ2) is 7.55. The average Bonchev–Trinajstić information content (AvgIpc) is 3.38. The number of hydrogen-bond acceptors (Lipinski definition) is 6. The van der Waals surface area contributed by atoms with Gasteiger partial charge in [-0.1, -0.05) is 13.8 Å². The maximum Gasteiger partial charge on any atom is 0.175 e. The lowest BCUT2D eigenvalue weighted by Gasteiger charge is -2.44. The second-order valence-electron chi connectivity index (χ2n) is 10.2. The number of benzene rings is 1. The number of aromatic nitrogens is 4. The van der Waals surface area contributed by atoms with Crippen LogP contribution in [-0.2, 0) is 0 Å². The number of aromatic amines is 1. The summed E-state index contributed by atoms with van der Waals surface area (Å²) in [5.74, 6) is 0.418. The Labute approximate surface area is 186 Å². The molecule has 8 heteroatoms. The molecule has 5 rings (SSSR count). The van der Waals surface area contributed by atoms with E-state index in [9.17, 15) is 9.65 Å². The summed E-state index contributed by atoms with van der Waals surface area (Å²) in [5.41, 5.74) is 2.38. The molecule has 2 fully saturated rings. The molecule has 2 saturated carbocycles. The molecular formula is C24H28FN5O2. The first-order chi connectivity index (χ1) is 15.3. The van der Waals surface area contributed by atoms with E-state index >= 15 is 0 Å². The zero-order chi connectivity index (χ0) is 22.5. The lowest BCUT2D eigenvalue weighted by molar-refractivity contribution is -0.137. The van der Waals surface area contributed by atoms with Crippen LogP contribution in [0.5, 0.6) is 5.75 Å². The third-order valence-electron chi connectivity index (χ3n) is 7.45. The molecule has 2 unspecified atom stereocenters. The first kappa shape index (κ1) is 20.9. The highest BCUT2D eigenvalue weighted by atomic mass is 19.1. The van der Waals surface area contributed by atoms with Gasteiger partial charge in [0.2, 0.25) is 0 Å². The third kappa shape index (κ3) is 3.62. The van der Waals surface area contributed by atoms with E-state index in [0.29, 0.717) is 33.7 Å². The third-order valence-corrected chi connectivity index (χ3v) is 7.45. The molecule has 2 bridgehead atoms. The number of halogens is 1. The number of anilines is 1. The molecule has 1 aromatic carbocycles. The lowest BCUT2D eigenvalue weighted by Crippen LogP contribution is -2.42. The summed E-state index contributed by atoms with van der Waals surface area (Å²) in [4.78, 5) is 6.77. The Morgan fingerprint density at radius 3 is 2.47 bits per heavy atom. The smallest absolute Gasteiger partial charge is 0.175 e. The molecule has 3 aromatic rings. The summed E-state index contributed by atoms with van der Waals surface area (Å²) in [5, 5.41) is 24.6. The highest BCUT2D eigenvalue weighted by molar-refractivity contribution is 5.74. The van der Waals surface area contributed by atoms with Gasteiger partial charge in [0.05, 0.1) is 17.5 Å². The van der Waals surface area contributed by atoms with Gasteiger partial charge in [-0.3, -0.25) is 5.10 Å². The molecule has 32 heavy (non-hydrogen) atoms. The van der Waals surface area contributed by atoms with Gasteiger partial charge >= 0.3 is 0 Å². The molecule has 0 amide bonds. The molecule has 2 aliphatic rings. The Morgan fingerprint density at radius 1 is 1.12 bits per heavy atom. The van der Waals surface area contributed by atoms with E-state index in [2.05, 4.69) is 51.1 Å². The first-order valence-electron chi connectivity index (χ1n) is 11.0. The van der Waals surface area contributed by atoms with Crippen LogP contribution in [0.25, 0.3) is 22.4 Å². The molecule has 2 N–H and O–H groups in total. The number of hydrogen-bond donors (Lipinski definition) is 2. The van der Waals surface area contributed by atoms with Crippen molar-refractivity contribution in [2.45, 2.75) is 52.0 Å². The minimum Gasteiger partial charge on any atom is -0.355 e. The van der Waals surface area contributed by atoms with E-state index in [-0.39, 0.29) is 11.3 Å². The van der Waals surface area contributed by atoms with Crippen LogP contribution in [-0.4, -0.2) is 38.7 Å². The molecule has 7 nitrogen and oxygen atoms in total. The largest absolute Gasteiger partial charge is 0.355 e. The van der Waals surface area contributed by atoms with Crippen molar-refractivity contribution in [3.8, 4) is 28.1 Å². The van der Waals surface area contributed by atoms with E-state index in [1.807, 2.05) is 6.07 Å². The van der Waals surface area contributed by atoms with Crippen molar-refractivity contribution in [1.29, 1.82) is 0 Å². The van der Waals surface area contributed by atoms with Gasteiger partial charge in [-0.05, 0) is 67.2 Å². The van der Waals surface area contributed by atoms with Crippen LogP contribution in [0.4, 0.5) is 10.2 Å². The van der Waals surface area contributed by atoms with E-state index in [1.54, 1.807) is 12.3 Å². The summed E-state index contributed by atoms with van der Waals surface area (Å²) >= 11 is 0. The lowest BCUT2D eigenvalue weighted by atomic mass is 9.68. The Morgan fingerprint density at radius 2 is 1.88 bits per heavy atom. The summed E-state index contributed by atoms with van der Waals surface area (Å²) in [7, 11) is 2.08. The van der Waals surface area contributed by atoms with E-state index < -0.39 is 5.82 Å². The minimum absolute atomic E-state index is 0.0997. The normalized spacial score (nSPS) is 26.8. The Kier molecular flexibility index (Phi) is 4.93. The van der Waals surface area contributed by atoms with E-state index in [0.717, 1.165) is 18.7 Å². The summed E-state index contributed by atoms with van der Waals surface area (Å²) in [6.07, 6.45) is 9.28. The zero-order valence-electron chi connectivity index (χ0n) is 18.6. The predicted molar refractivity (Wildman–Crippen MR) is 120 cm³/mol. The van der Waals surface area contributed by atoms with Crippen molar-refractivity contribution in [3.63, 3.8) is 0 Å². The summed E-state index contributed by atoms with van der Waals surface area (Å²) in [6.45, 7) is 4.82. The molecule has 0 spiro atoms. The van der Waals surface area contributed by atoms with E-state index in [4.69, 9.17) is 0 Å². The molecule has 0 aliphatic heterocycles. The Hall–Kier alpha value is -3.00. The average molecular weight is 438 g/mol. The van der Waals surface area contributed by atoms with Crippen LogP contribution in [0.15, 0.2) is 36.7 Å². The number of nitrogens with one attached hydrogen (secondary N) is 1. The van der Waals surface area contributed by atoms with Gasteiger partial charge < -0.3 is 9.79 Å². The van der Waals surface area contributed by atoms with Gasteiger partial charge in [-0.25, -0.2) is 9.65 Å². The predicted octanol–water partition coefficient (Wildman–Crippen LogP) is 5.32. The zero-order valence-corrected chi connectivity index (χ0v) is 18.6. The van der Waals surface area contributed by atoms with Crippen molar-refractivity contribution in [2.75, 3.05) is 11.9 Å². The molecule has 168 valence electrons. The SMILES string of the molecule is CN(c1ccc(-c2cc(F)c(-c3cn[nH]c3)cc2OO)nn1)C1CC2(C)CC[C@](C)(C1)C2. The second-order valence-corrected chi connectivity index (χ2v) is 10.2. The summed E-state index contributed by atoms with van der Waals surface area (Å²) in [6, 6.07) is 6.82. The van der Waals surface area contributed by atoms with Crippen molar-refractivity contribution >= 4 is 5.82 Å². The van der Waals surface area contributed by atoms with Crippen molar-refractivity contribution < 1.29 is 14.5 Å². The van der Waals surface area contributed by atoms with Crippen LogP contribution in [0.3, 0.4) is 0 Å². The Bertz CT molecular complexity index is 1100. The monoisotopic (exact) mass is 437 g/mol. The molecule has 0 saturated heterocycles. The highest BCUT2D eigenvalue weighted by Gasteiger charge is 2.50. The molecular weight excluding hydrogens is 409 g/mol. The molecule has 2 heterocycles. The van der Waals surface area contributed by atoms with Gasteiger partial charge in [0, 0.05) is 30.4 Å². The van der Waals surface area contributed by atoms with Crippen molar-refractivity contribution in [1.82, 2.24) is 20.4 Å². The quantitative estimate of drug-likeness (QED) is 0.415. The van der Waals surface area contributed by atoms with Gasteiger partial charge in [-0.2, -0.15) is 5.10 Å². The van der Waals surface area contributed by atoms with Gasteiger partial charge in [0.15, 0.2) is 11.6 Å². The fraction of sp³-hybridized carbons (Fsp3) is 0.458. The minimum atomic E-state index is -0.468. The maximum atomic E-state index is 14.8. The van der Waals surface area contributed by atoms with E-state index in [1.165, 1.54) is 37.6 Å². The fourth-order valence-corrected chi connectivity index (χ4v) is 5.94. The number of nitrogens with zero attached hydrogens (tertiary/aromatic N) is 4. The van der Waals surface area contributed by atoms with Crippen LogP contribution in [0, 0.1) is 16.6 Å². The molecule has 2 aromatic heterocycles. The molecule has 2 aliphatic carbocycles. The van der Waals surface area contributed by atoms with Crippen LogP contribution >= 0.6 is 0 Å². The highest BCUT2D eigenvalue weighted by Crippen LogP contribution is 2.58.